The summed E-state index contributed by atoms with van der Waals surface area (Å²) in [4.78, 5) is 2.50. The number of furan rings is 1. The predicted octanol–water partition coefficient (Wildman–Crippen LogP) is 2.28. The van der Waals surface area contributed by atoms with E-state index >= 15 is 0 Å². The summed E-state index contributed by atoms with van der Waals surface area (Å²) in [7, 11) is 0. The maximum atomic E-state index is 5.58. The van der Waals surface area contributed by atoms with Crippen molar-refractivity contribution in [2.24, 2.45) is 11.1 Å². The topological polar surface area (TPSA) is 42.4 Å². The summed E-state index contributed by atoms with van der Waals surface area (Å²) < 4.78 is 5.57. The average Bonchev–Trinajstić information content (AvgIpc) is 2.71. The van der Waals surface area contributed by atoms with Crippen molar-refractivity contribution in [2.75, 3.05) is 13.1 Å². The first-order valence-electron chi connectivity index (χ1n) is 6.01. The van der Waals surface area contributed by atoms with Crippen LogP contribution in [0.25, 0.3) is 0 Å². The second kappa shape index (κ2) is 4.22. The average molecular weight is 222 g/mol. The van der Waals surface area contributed by atoms with Crippen LogP contribution in [0.1, 0.15) is 37.4 Å². The molecule has 1 saturated heterocycles. The van der Waals surface area contributed by atoms with Gasteiger partial charge < -0.3 is 10.2 Å². The van der Waals surface area contributed by atoms with Crippen LogP contribution in [-0.2, 0) is 13.1 Å². The molecule has 1 aliphatic heterocycles. The highest BCUT2D eigenvalue weighted by atomic mass is 16.3. The minimum absolute atomic E-state index is 0.467. The molecule has 0 bridgehead atoms. The first-order chi connectivity index (χ1) is 7.50. The Morgan fingerprint density at radius 2 is 2.25 bits per heavy atom. The number of hydrogen-bond acceptors (Lipinski definition) is 3. The second-order valence-electron chi connectivity index (χ2n) is 5.62. The number of hydrogen-bond donors (Lipinski definition) is 1. The van der Waals surface area contributed by atoms with Crippen molar-refractivity contribution < 1.29 is 4.42 Å². The quantitative estimate of drug-likeness (QED) is 0.853. The molecule has 1 fully saturated rings. The zero-order valence-electron chi connectivity index (χ0n) is 10.5. The maximum Gasteiger partial charge on any atom is 0.118 e. The van der Waals surface area contributed by atoms with E-state index in [9.17, 15) is 0 Å². The van der Waals surface area contributed by atoms with Crippen LogP contribution < -0.4 is 5.73 Å². The molecule has 16 heavy (non-hydrogen) atoms. The predicted molar refractivity (Wildman–Crippen MR) is 65.0 cm³/mol. The van der Waals surface area contributed by atoms with Gasteiger partial charge in [-0.25, -0.2) is 0 Å². The molecule has 1 aromatic heterocycles. The van der Waals surface area contributed by atoms with Crippen LogP contribution in [0.5, 0.6) is 0 Å². The van der Waals surface area contributed by atoms with Gasteiger partial charge in [0, 0.05) is 18.7 Å². The Labute approximate surface area is 97.6 Å². The summed E-state index contributed by atoms with van der Waals surface area (Å²) in [6, 6.07) is 2.10. The molecular weight excluding hydrogens is 200 g/mol. The third kappa shape index (κ3) is 2.47. The molecule has 2 N–H and O–H groups in total. The highest BCUT2D eigenvalue weighted by Gasteiger charge is 2.29. The van der Waals surface area contributed by atoms with Gasteiger partial charge >= 0.3 is 0 Å². The Hall–Kier alpha value is -0.800. The van der Waals surface area contributed by atoms with Crippen molar-refractivity contribution in [3.05, 3.63) is 23.2 Å². The molecule has 2 rings (SSSR count). The number of nitrogens with zero attached hydrogens (tertiary/aromatic N) is 1. The van der Waals surface area contributed by atoms with E-state index in [2.05, 4.69) is 24.8 Å². The summed E-state index contributed by atoms with van der Waals surface area (Å²) >= 11 is 0. The summed E-state index contributed by atoms with van der Waals surface area (Å²) in [5.74, 6) is 1.91. The van der Waals surface area contributed by atoms with Crippen molar-refractivity contribution in [1.29, 1.82) is 0 Å². The molecule has 1 aliphatic rings. The molecule has 0 aliphatic carbocycles. The van der Waals surface area contributed by atoms with E-state index in [0.29, 0.717) is 12.0 Å². The van der Waals surface area contributed by atoms with E-state index < -0.39 is 0 Å². The fourth-order valence-electron chi connectivity index (χ4n) is 2.45. The van der Waals surface area contributed by atoms with Crippen LogP contribution in [0.15, 0.2) is 10.5 Å². The van der Waals surface area contributed by atoms with Crippen molar-refractivity contribution in [3.8, 4) is 0 Å². The summed E-state index contributed by atoms with van der Waals surface area (Å²) in [5.41, 5.74) is 7.33. The lowest BCUT2D eigenvalue weighted by molar-refractivity contribution is 0.282. The summed E-state index contributed by atoms with van der Waals surface area (Å²) in [6.07, 6.45) is 1.29. The Bertz CT molecular complexity index is 368. The Morgan fingerprint density at radius 1 is 1.50 bits per heavy atom. The van der Waals surface area contributed by atoms with E-state index in [1.807, 2.05) is 6.92 Å². The molecule has 2 heterocycles. The molecule has 0 radical (unpaired) electrons. The van der Waals surface area contributed by atoms with Gasteiger partial charge in [0.15, 0.2) is 0 Å². The van der Waals surface area contributed by atoms with Gasteiger partial charge in [-0.1, -0.05) is 13.8 Å². The Balaban J connectivity index is 2.01. The Morgan fingerprint density at radius 3 is 2.75 bits per heavy atom. The molecule has 3 nitrogen and oxygen atoms in total. The first-order valence-corrected chi connectivity index (χ1v) is 6.01. The smallest absolute Gasteiger partial charge is 0.118 e. The maximum absolute atomic E-state index is 5.58. The standard InChI is InChI=1S/C13H22N2O/c1-10-11(6-12(7-14)16-10)8-15-5-4-13(2,3)9-15/h6H,4-5,7-9,14H2,1-3H3. The highest BCUT2D eigenvalue weighted by molar-refractivity contribution is 5.20. The molecule has 0 atom stereocenters. The third-order valence-electron chi connectivity index (χ3n) is 3.42. The molecule has 0 unspecified atom stereocenters. The fraction of sp³-hybridized carbons (Fsp3) is 0.692. The van der Waals surface area contributed by atoms with Gasteiger partial charge in [-0.3, -0.25) is 4.90 Å². The van der Waals surface area contributed by atoms with Crippen molar-refractivity contribution in [3.63, 3.8) is 0 Å². The number of aryl methyl sites for hydroxylation is 1. The first kappa shape index (κ1) is 11.7. The van der Waals surface area contributed by atoms with Gasteiger partial charge in [0.2, 0.25) is 0 Å². The van der Waals surface area contributed by atoms with Crippen molar-refractivity contribution in [1.82, 2.24) is 4.90 Å². The van der Waals surface area contributed by atoms with Crippen molar-refractivity contribution >= 4 is 0 Å². The zero-order chi connectivity index (χ0) is 11.8. The molecular formula is C13H22N2O. The molecule has 3 heteroatoms. The van der Waals surface area contributed by atoms with Crippen LogP contribution in [-0.4, -0.2) is 18.0 Å². The number of likely N-dealkylation sites (tertiary alicyclic amines) is 1. The van der Waals surface area contributed by atoms with E-state index in [1.165, 1.54) is 25.1 Å². The largest absolute Gasteiger partial charge is 0.465 e. The minimum atomic E-state index is 0.467. The fourth-order valence-corrected chi connectivity index (χ4v) is 2.45. The monoisotopic (exact) mass is 222 g/mol. The molecule has 90 valence electrons. The molecule has 0 spiro atoms. The lowest BCUT2D eigenvalue weighted by Gasteiger charge is -2.19. The van der Waals surface area contributed by atoms with E-state index in [1.54, 1.807) is 0 Å². The normalized spacial score (nSPS) is 20.5. The van der Waals surface area contributed by atoms with Crippen molar-refractivity contribution in [2.45, 2.75) is 40.3 Å². The van der Waals surface area contributed by atoms with E-state index in [-0.39, 0.29) is 0 Å². The number of nitrogens with two attached hydrogens (primary N) is 1. The summed E-state index contributed by atoms with van der Waals surface area (Å²) in [6.45, 7) is 10.5. The second-order valence-corrected chi connectivity index (χ2v) is 5.62. The zero-order valence-corrected chi connectivity index (χ0v) is 10.5. The van der Waals surface area contributed by atoms with Crippen LogP contribution in [0, 0.1) is 12.3 Å². The van der Waals surface area contributed by atoms with Gasteiger partial charge in [-0.15, -0.1) is 0 Å². The Kier molecular flexibility index (Phi) is 3.08. The lowest BCUT2D eigenvalue weighted by atomic mass is 9.93. The van der Waals surface area contributed by atoms with E-state index in [4.69, 9.17) is 10.2 Å². The molecule has 0 saturated carbocycles. The van der Waals surface area contributed by atoms with E-state index in [0.717, 1.165) is 18.1 Å². The molecule has 0 aromatic carbocycles. The number of rotatable bonds is 3. The van der Waals surface area contributed by atoms with Gasteiger partial charge in [0.05, 0.1) is 6.54 Å². The van der Waals surface area contributed by atoms with Crippen LogP contribution in [0.3, 0.4) is 0 Å². The van der Waals surface area contributed by atoms with Crippen LogP contribution in [0.4, 0.5) is 0 Å². The van der Waals surface area contributed by atoms with Crippen LogP contribution >= 0.6 is 0 Å². The SMILES string of the molecule is Cc1oc(CN)cc1CN1CCC(C)(C)C1. The van der Waals surface area contributed by atoms with Crippen LogP contribution in [0.2, 0.25) is 0 Å². The third-order valence-corrected chi connectivity index (χ3v) is 3.42. The van der Waals surface area contributed by atoms with Gasteiger partial charge in [0.25, 0.3) is 0 Å². The van der Waals surface area contributed by atoms with Gasteiger partial charge in [0.1, 0.15) is 11.5 Å². The van der Waals surface area contributed by atoms with Gasteiger partial charge in [-0.05, 0) is 31.4 Å². The summed E-state index contributed by atoms with van der Waals surface area (Å²) in [5, 5.41) is 0. The molecule has 0 amide bonds. The lowest BCUT2D eigenvalue weighted by Crippen LogP contribution is -2.22. The molecule has 1 aromatic rings. The van der Waals surface area contributed by atoms with Gasteiger partial charge in [-0.2, -0.15) is 0 Å². The highest BCUT2D eigenvalue weighted by Crippen LogP contribution is 2.30. The minimum Gasteiger partial charge on any atom is -0.465 e.